The Morgan fingerprint density at radius 2 is 0.892 bits per heavy atom. The van der Waals surface area contributed by atoms with Gasteiger partial charge in [-0.1, -0.05) is 74.3 Å². The molecule has 1 unspecified atom stereocenters. The molecule has 20 nitrogen and oxygen atoms in total. The molecule has 4 aromatic rings. The third-order valence-electron chi connectivity index (χ3n) is 11.1. The molecule has 0 amide bonds. The maximum atomic E-state index is 13.8. The molecule has 434 valence electrons. The number of esters is 9. The number of aldehydes is 1. The van der Waals surface area contributed by atoms with Gasteiger partial charge in [0.15, 0.2) is 0 Å². The summed E-state index contributed by atoms with van der Waals surface area (Å²) >= 11 is 0. The smallest absolute Gasteiger partial charge is 0.343 e. The second kappa shape index (κ2) is 36.8. The monoisotopic (exact) mass is 1140 g/mol. The van der Waals surface area contributed by atoms with Crippen LogP contribution < -0.4 is 9.47 Å². The standard InChI is InChI=1S/C58H56O19.C3H4O.C2H2/c1-5-49(59)69-35-37-71-51(61)27-29-53(63)74-46-23-19-41(20-24-46)39-11-15-43(16-12-39)55(65)76-45-9-7-8-10-48(58(3,32-31-45)57(67)73-34-33-68-4)77-56(66)44-17-13-40(14-18-44)42-21-25-47(26-22-42)75-54(64)30-28-52(62)72-38-36-70-50(60)6-2;1-2-3-4;1-2/h5-7,9-26,31H,1-2,8,27-30,32-38H2,3-4H3;2-3H,1H2;1-2H/b9-7-,45-31+,48-10+;;. The minimum Gasteiger partial charge on any atom is -0.462 e. The minimum atomic E-state index is -1.57. The normalized spacial score (nSPS) is 14.7. The molecule has 0 N–H and O–H groups in total. The zero-order chi connectivity index (χ0) is 61.0. The highest BCUT2D eigenvalue weighted by molar-refractivity contribution is 5.93. The van der Waals surface area contributed by atoms with E-state index in [0.717, 1.165) is 34.4 Å². The van der Waals surface area contributed by atoms with Crippen LogP contribution >= 0.6 is 0 Å². The predicted octanol–water partition coefficient (Wildman–Crippen LogP) is 8.88. The first kappa shape index (κ1) is 67.0. The number of benzene rings is 4. The van der Waals surface area contributed by atoms with Crippen molar-refractivity contribution in [2.75, 3.05) is 46.8 Å². The van der Waals surface area contributed by atoms with Crippen molar-refractivity contribution >= 4 is 60.0 Å². The molecule has 4 aromatic carbocycles. The maximum absolute atomic E-state index is 13.8. The second-order valence-electron chi connectivity index (χ2n) is 17.0. The van der Waals surface area contributed by atoms with Crippen LogP contribution in [0.15, 0.2) is 171 Å². The highest BCUT2D eigenvalue weighted by Gasteiger charge is 2.41. The zero-order valence-electron chi connectivity index (χ0n) is 45.8. The third kappa shape index (κ3) is 23.9. The Kier molecular flexibility index (Phi) is 29.7. The van der Waals surface area contributed by atoms with Crippen LogP contribution in [0.1, 0.15) is 66.2 Å². The van der Waals surface area contributed by atoms with Crippen molar-refractivity contribution in [2.24, 2.45) is 5.41 Å². The van der Waals surface area contributed by atoms with E-state index in [1.54, 1.807) is 122 Å². The molecule has 0 radical (unpaired) electrons. The molecule has 0 fully saturated rings. The van der Waals surface area contributed by atoms with E-state index in [1.807, 2.05) is 0 Å². The lowest BCUT2D eigenvalue weighted by molar-refractivity contribution is -0.155. The van der Waals surface area contributed by atoms with Crippen LogP contribution in [0.4, 0.5) is 0 Å². The molecule has 20 heteroatoms. The quantitative estimate of drug-likeness (QED) is 0.0103. The summed E-state index contributed by atoms with van der Waals surface area (Å²) < 4.78 is 52.3. The molecule has 0 bridgehead atoms. The van der Waals surface area contributed by atoms with Gasteiger partial charge in [-0.15, -0.1) is 12.8 Å². The van der Waals surface area contributed by atoms with Crippen LogP contribution in [0.3, 0.4) is 0 Å². The summed E-state index contributed by atoms with van der Waals surface area (Å²) in [6, 6.07) is 26.3. The Balaban J connectivity index is 0.00000288. The van der Waals surface area contributed by atoms with Crippen LogP contribution in [0.5, 0.6) is 11.5 Å². The van der Waals surface area contributed by atoms with E-state index in [0.29, 0.717) is 6.29 Å². The van der Waals surface area contributed by atoms with E-state index in [9.17, 15) is 43.2 Å². The average molecular weight is 1140 g/mol. The summed E-state index contributed by atoms with van der Waals surface area (Å²) in [5.74, 6) is -5.43. The number of ether oxygens (including phenoxy) is 10. The molecule has 0 aromatic heterocycles. The molecule has 0 spiro atoms. The van der Waals surface area contributed by atoms with Gasteiger partial charge in [-0.05, 0) is 115 Å². The van der Waals surface area contributed by atoms with Crippen molar-refractivity contribution in [3.05, 3.63) is 182 Å². The van der Waals surface area contributed by atoms with E-state index in [1.165, 1.54) is 19.3 Å². The zero-order valence-corrected chi connectivity index (χ0v) is 45.8. The Bertz CT molecular complexity index is 3010. The maximum Gasteiger partial charge on any atom is 0.343 e. The van der Waals surface area contributed by atoms with E-state index in [2.05, 4.69) is 32.6 Å². The fourth-order valence-electron chi connectivity index (χ4n) is 6.83. The number of terminal acetylenes is 1. The first-order valence-electron chi connectivity index (χ1n) is 25.3. The Morgan fingerprint density at radius 3 is 1.30 bits per heavy atom. The summed E-state index contributed by atoms with van der Waals surface area (Å²) in [6.45, 7) is 10.6. The van der Waals surface area contributed by atoms with E-state index in [-0.39, 0.29) is 112 Å². The molecular formula is C63H62O20. The van der Waals surface area contributed by atoms with Gasteiger partial charge in [0.25, 0.3) is 0 Å². The first-order valence-corrected chi connectivity index (χ1v) is 25.3. The number of hydrogen-bond donors (Lipinski definition) is 0. The number of rotatable bonds is 27. The van der Waals surface area contributed by atoms with Crippen molar-refractivity contribution in [1.82, 2.24) is 0 Å². The summed E-state index contributed by atoms with van der Waals surface area (Å²) in [6.07, 6.45) is 17.3. The third-order valence-corrected chi connectivity index (χ3v) is 11.1. The van der Waals surface area contributed by atoms with Gasteiger partial charge in [0.05, 0.1) is 43.4 Å². The topological polar surface area (TPSA) is 263 Å². The van der Waals surface area contributed by atoms with E-state index >= 15 is 0 Å². The van der Waals surface area contributed by atoms with Gasteiger partial charge >= 0.3 is 53.7 Å². The molecule has 5 rings (SSSR count). The fraction of sp³-hybridized carbons (Fsp3) is 0.238. The highest BCUT2D eigenvalue weighted by atomic mass is 16.6. The van der Waals surface area contributed by atoms with Crippen molar-refractivity contribution in [3.8, 4) is 46.6 Å². The second-order valence-corrected chi connectivity index (χ2v) is 17.0. The molecule has 1 atom stereocenters. The van der Waals surface area contributed by atoms with Gasteiger partial charge in [-0.2, -0.15) is 0 Å². The number of carbonyl (C=O) groups excluding carboxylic acids is 10. The van der Waals surface area contributed by atoms with Crippen LogP contribution in [-0.2, 0) is 76.3 Å². The summed E-state index contributed by atoms with van der Waals surface area (Å²) in [5.41, 5.74) is 1.77. The van der Waals surface area contributed by atoms with E-state index < -0.39 is 59.1 Å². The summed E-state index contributed by atoms with van der Waals surface area (Å²) in [7, 11) is 1.46. The fourth-order valence-corrected chi connectivity index (χ4v) is 6.83. The van der Waals surface area contributed by atoms with Crippen LogP contribution in [0, 0.1) is 18.3 Å². The first-order chi connectivity index (χ1) is 40.0. The Morgan fingerprint density at radius 1 is 0.506 bits per heavy atom. The van der Waals surface area contributed by atoms with Gasteiger partial charge < -0.3 is 47.4 Å². The van der Waals surface area contributed by atoms with Crippen LogP contribution in [0.25, 0.3) is 22.3 Å². The summed E-state index contributed by atoms with van der Waals surface area (Å²) in [5, 5.41) is 0. The lowest BCUT2D eigenvalue weighted by atomic mass is 9.83. The van der Waals surface area contributed by atoms with Crippen molar-refractivity contribution in [1.29, 1.82) is 0 Å². The van der Waals surface area contributed by atoms with Crippen LogP contribution in [-0.4, -0.2) is 107 Å². The van der Waals surface area contributed by atoms with E-state index in [4.69, 9.17) is 52.2 Å². The number of allylic oxidation sites excluding steroid dienone is 5. The Labute approximate surface area is 479 Å². The molecule has 1 aliphatic rings. The molecule has 1 aliphatic carbocycles. The molecule has 0 heterocycles. The molecule has 0 saturated carbocycles. The average Bonchev–Trinajstić information content (AvgIpc) is 3.66. The van der Waals surface area contributed by atoms with Crippen molar-refractivity contribution < 1.29 is 95.3 Å². The van der Waals surface area contributed by atoms with Gasteiger partial charge in [-0.3, -0.25) is 28.8 Å². The number of hydrogen-bond acceptors (Lipinski definition) is 20. The predicted molar refractivity (Wildman–Crippen MR) is 300 cm³/mol. The number of methoxy groups -OCH3 is 1. The lowest BCUT2D eigenvalue weighted by Crippen LogP contribution is -2.34. The largest absolute Gasteiger partial charge is 0.462 e. The highest BCUT2D eigenvalue weighted by Crippen LogP contribution is 2.37. The molecule has 0 saturated heterocycles. The molecular weight excluding hydrogens is 1080 g/mol. The van der Waals surface area contributed by atoms with Gasteiger partial charge in [-0.25, -0.2) is 19.2 Å². The van der Waals surface area contributed by atoms with Crippen molar-refractivity contribution in [3.63, 3.8) is 0 Å². The van der Waals surface area contributed by atoms with Gasteiger partial charge in [0.1, 0.15) is 67.8 Å². The van der Waals surface area contributed by atoms with Crippen LogP contribution in [0.2, 0.25) is 0 Å². The summed E-state index contributed by atoms with van der Waals surface area (Å²) in [4.78, 5) is 121. The van der Waals surface area contributed by atoms with Gasteiger partial charge in [0.2, 0.25) is 0 Å². The molecule has 0 aliphatic heterocycles. The SMILES string of the molecule is C#C.C=CC(=O)OCCOC(=O)CCC(=O)Oc1ccc(-c2ccc(C(=O)OC3=C/CC(C)(C(=O)OCCOC)/C(OC(=O)c4ccc(-c5ccc(OC(=O)CCC(=O)OCCOC(=O)C=C)cc5)cc4)=C\C/C=C\3)cc2)cc1.C=CC=O. The Hall–Kier alpha value is -10.3. The minimum absolute atomic E-state index is 0.0124. The lowest BCUT2D eigenvalue weighted by Gasteiger charge is -2.28. The van der Waals surface area contributed by atoms with Crippen molar-refractivity contribution in [2.45, 2.75) is 45.4 Å². The molecule has 83 heavy (non-hydrogen) atoms. The number of carbonyl (C=O) groups is 10. The van der Waals surface area contributed by atoms with Gasteiger partial charge in [0, 0.05) is 19.3 Å².